The van der Waals surface area contributed by atoms with Gasteiger partial charge < -0.3 is 5.11 Å². The van der Waals surface area contributed by atoms with Crippen LogP contribution in [0.2, 0.25) is 0 Å². The molecule has 0 unspecified atom stereocenters. The summed E-state index contributed by atoms with van der Waals surface area (Å²) >= 11 is 1.70. The van der Waals surface area contributed by atoms with Crippen LogP contribution in [0.25, 0.3) is 0 Å². The molecule has 0 spiro atoms. The van der Waals surface area contributed by atoms with Crippen LogP contribution >= 0.6 is 11.3 Å². The summed E-state index contributed by atoms with van der Waals surface area (Å²) in [7, 11) is 2.16. The van der Waals surface area contributed by atoms with Gasteiger partial charge in [0, 0.05) is 17.0 Å². The lowest BCUT2D eigenvalue weighted by molar-refractivity contribution is 0.144. The molecule has 0 radical (unpaired) electrons. The minimum Gasteiger partial charge on any atom is -0.384 e. The minimum absolute atomic E-state index is 0.0734. The van der Waals surface area contributed by atoms with Crippen LogP contribution in [0.15, 0.2) is 12.1 Å². The molecule has 0 aliphatic rings. The first-order chi connectivity index (χ1) is 7.99. The van der Waals surface area contributed by atoms with Crippen molar-refractivity contribution < 1.29 is 5.11 Å². The molecule has 17 heavy (non-hydrogen) atoms. The van der Waals surface area contributed by atoms with Gasteiger partial charge in [-0.3, -0.25) is 4.90 Å². The van der Waals surface area contributed by atoms with E-state index in [2.05, 4.69) is 50.6 Å². The van der Waals surface area contributed by atoms with E-state index in [9.17, 15) is 0 Å². The Bertz CT molecular complexity index is 411. The highest BCUT2D eigenvalue weighted by Gasteiger charge is 2.21. The molecule has 3 heteroatoms. The van der Waals surface area contributed by atoms with E-state index in [4.69, 9.17) is 5.11 Å². The fraction of sp³-hybridized carbons (Fsp3) is 0.571. The quantitative estimate of drug-likeness (QED) is 0.832. The van der Waals surface area contributed by atoms with E-state index >= 15 is 0 Å². The molecular weight excluding hydrogens is 230 g/mol. The van der Waals surface area contributed by atoms with Gasteiger partial charge in [-0.15, -0.1) is 11.3 Å². The van der Waals surface area contributed by atoms with Crippen molar-refractivity contribution in [3.63, 3.8) is 0 Å². The molecule has 0 amide bonds. The highest BCUT2D eigenvalue weighted by atomic mass is 32.1. The van der Waals surface area contributed by atoms with Gasteiger partial charge in [0.05, 0.1) is 4.88 Å². The molecule has 1 heterocycles. The smallest absolute Gasteiger partial charge is 0.104 e. The monoisotopic (exact) mass is 251 g/mol. The van der Waals surface area contributed by atoms with Crippen molar-refractivity contribution in [2.24, 2.45) is 0 Å². The lowest BCUT2D eigenvalue weighted by Gasteiger charge is -2.34. The summed E-state index contributed by atoms with van der Waals surface area (Å²) in [5, 5.41) is 8.64. The second-order valence-electron chi connectivity index (χ2n) is 4.75. The lowest BCUT2D eigenvalue weighted by atomic mass is 10.00. The number of hydrogen-bond donors (Lipinski definition) is 1. The SMILES string of the molecule is CCC(C)(C)N(C)Cc1ccc(C#CCO)s1. The van der Waals surface area contributed by atoms with Crippen molar-refractivity contribution in [1.82, 2.24) is 4.90 Å². The number of aliphatic hydroxyl groups is 1. The van der Waals surface area contributed by atoms with Crippen molar-refractivity contribution in [3.8, 4) is 11.8 Å². The first-order valence-corrected chi connectivity index (χ1v) is 6.71. The highest BCUT2D eigenvalue weighted by Crippen LogP contribution is 2.22. The third-order valence-electron chi connectivity index (χ3n) is 3.24. The van der Waals surface area contributed by atoms with E-state index in [1.165, 1.54) is 4.88 Å². The van der Waals surface area contributed by atoms with Crippen molar-refractivity contribution in [1.29, 1.82) is 0 Å². The molecule has 2 nitrogen and oxygen atoms in total. The molecule has 0 aliphatic heterocycles. The van der Waals surface area contributed by atoms with Crippen molar-refractivity contribution >= 4 is 11.3 Å². The van der Waals surface area contributed by atoms with Crippen molar-refractivity contribution in [2.75, 3.05) is 13.7 Å². The largest absolute Gasteiger partial charge is 0.384 e. The number of thiophene rings is 1. The van der Waals surface area contributed by atoms with Gasteiger partial charge in [-0.25, -0.2) is 0 Å². The summed E-state index contributed by atoms with van der Waals surface area (Å²) in [4.78, 5) is 4.70. The zero-order valence-corrected chi connectivity index (χ0v) is 11.9. The van der Waals surface area contributed by atoms with Crippen LogP contribution in [0.1, 0.15) is 36.9 Å². The van der Waals surface area contributed by atoms with E-state index in [-0.39, 0.29) is 12.1 Å². The average molecular weight is 251 g/mol. The molecule has 1 rings (SSSR count). The first kappa shape index (κ1) is 14.2. The molecule has 94 valence electrons. The third-order valence-corrected chi connectivity index (χ3v) is 4.23. The average Bonchev–Trinajstić information content (AvgIpc) is 2.74. The van der Waals surface area contributed by atoms with Crippen LogP contribution in [0.5, 0.6) is 0 Å². The zero-order valence-electron chi connectivity index (χ0n) is 11.1. The van der Waals surface area contributed by atoms with Gasteiger partial charge in [0.15, 0.2) is 0 Å². The van der Waals surface area contributed by atoms with Gasteiger partial charge in [0.1, 0.15) is 6.61 Å². The Balaban J connectivity index is 2.66. The van der Waals surface area contributed by atoms with Gasteiger partial charge in [0.2, 0.25) is 0 Å². The standard InChI is InChI=1S/C14H21NOS/c1-5-14(2,3)15(4)11-13-9-8-12(17-13)7-6-10-16/h8-9,16H,5,10-11H2,1-4H3. The molecule has 0 aliphatic carbocycles. The summed E-state index contributed by atoms with van der Waals surface area (Å²) in [5.41, 5.74) is 0.223. The molecule has 0 saturated heterocycles. The Morgan fingerprint density at radius 3 is 2.71 bits per heavy atom. The van der Waals surface area contributed by atoms with Crippen molar-refractivity contribution in [2.45, 2.75) is 39.3 Å². The zero-order chi connectivity index (χ0) is 12.9. The summed E-state index contributed by atoms with van der Waals surface area (Å²) in [5.74, 6) is 5.62. The van der Waals surface area contributed by atoms with Gasteiger partial charge in [-0.1, -0.05) is 18.8 Å². The van der Waals surface area contributed by atoms with E-state index in [1.54, 1.807) is 11.3 Å². The molecule has 0 bridgehead atoms. The molecule has 1 N–H and O–H groups in total. The third kappa shape index (κ3) is 4.16. The fourth-order valence-electron chi connectivity index (χ4n) is 1.37. The van der Waals surface area contributed by atoms with Crippen LogP contribution in [0, 0.1) is 11.8 Å². The Kier molecular flexibility index (Phi) is 5.20. The maximum atomic E-state index is 8.64. The molecule has 0 aromatic carbocycles. The van der Waals surface area contributed by atoms with Crippen LogP contribution < -0.4 is 0 Å². The second-order valence-corrected chi connectivity index (χ2v) is 5.92. The predicted molar refractivity (Wildman–Crippen MR) is 74.1 cm³/mol. The first-order valence-electron chi connectivity index (χ1n) is 5.89. The Hall–Kier alpha value is -0.820. The number of nitrogens with zero attached hydrogens (tertiary/aromatic N) is 1. The molecule has 1 aromatic heterocycles. The van der Waals surface area contributed by atoms with Crippen molar-refractivity contribution in [3.05, 3.63) is 21.9 Å². The van der Waals surface area contributed by atoms with Crippen LogP contribution in [0.3, 0.4) is 0 Å². The summed E-state index contributed by atoms with van der Waals surface area (Å²) < 4.78 is 0. The molecule has 1 aromatic rings. The number of rotatable bonds is 4. The molecule has 0 saturated carbocycles. The van der Waals surface area contributed by atoms with E-state index in [1.807, 2.05) is 6.07 Å². The van der Waals surface area contributed by atoms with Crippen LogP contribution in [0.4, 0.5) is 0 Å². The van der Waals surface area contributed by atoms with E-state index in [0.717, 1.165) is 17.8 Å². The number of aliphatic hydroxyl groups excluding tert-OH is 1. The Labute approximate surface area is 108 Å². The lowest BCUT2D eigenvalue weighted by Crippen LogP contribution is -2.39. The van der Waals surface area contributed by atoms with Crippen LogP contribution in [-0.2, 0) is 6.54 Å². The Morgan fingerprint density at radius 2 is 2.12 bits per heavy atom. The minimum atomic E-state index is -0.0734. The van der Waals surface area contributed by atoms with Gasteiger partial charge in [-0.2, -0.15) is 0 Å². The summed E-state index contributed by atoms with van der Waals surface area (Å²) in [6.07, 6.45) is 1.13. The predicted octanol–water partition coefficient (Wildman–Crippen LogP) is 2.71. The summed E-state index contributed by atoms with van der Waals surface area (Å²) in [6, 6.07) is 4.14. The molecule has 0 fully saturated rings. The van der Waals surface area contributed by atoms with Gasteiger partial charge in [-0.05, 0) is 39.4 Å². The topological polar surface area (TPSA) is 23.5 Å². The molecular formula is C14H21NOS. The van der Waals surface area contributed by atoms with Gasteiger partial charge >= 0.3 is 0 Å². The summed E-state index contributed by atoms with van der Waals surface area (Å²) in [6.45, 7) is 7.60. The maximum absolute atomic E-state index is 8.64. The Morgan fingerprint density at radius 1 is 1.41 bits per heavy atom. The normalized spacial score (nSPS) is 11.4. The van der Waals surface area contributed by atoms with E-state index < -0.39 is 0 Å². The molecule has 0 atom stereocenters. The fourth-order valence-corrected chi connectivity index (χ4v) is 2.31. The van der Waals surface area contributed by atoms with Gasteiger partial charge in [0.25, 0.3) is 0 Å². The maximum Gasteiger partial charge on any atom is 0.104 e. The van der Waals surface area contributed by atoms with Crippen LogP contribution in [-0.4, -0.2) is 29.2 Å². The number of hydrogen-bond acceptors (Lipinski definition) is 3. The van der Waals surface area contributed by atoms with E-state index in [0.29, 0.717) is 0 Å². The highest BCUT2D eigenvalue weighted by molar-refractivity contribution is 7.12. The second kappa shape index (κ2) is 6.20.